The molecule has 0 spiro atoms. The van der Waals surface area contributed by atoms with Crippen LogP contribution in [0.2, 0.25) is 5.02 Å². The molecule has 0 aliphatic rings. The van der Waals surface area contributed by atoms with Gasteiger partial charge < -0.3 is 20.3 Å². The molecule has 2 unspecified atom stereocenters. The molecule has 134 valence electrons. The Hall–Kier alpha value is -2.08. The number of hydrogen-bond donors (Lipinski definition) is 3. The summed E-state index contributed by atoms with van der Waals surface area (Å²) >= 11 is 5.92. The van der Waals surface area contributed by atoms with Gasteiger partial charge in [-0.1, -0.05) is 35.9 Å². The molecule has 0 aliphatic heterocycles. The summed E-state index contributed by atoms with van der Waals surface area (Å²) in [5.41, 5.74) is 1.50. The number of aliphatic carboxylic acids is 1. The summed E-state index contributed by atoms with van der Waals surface area (Å²) in [6, 6.07) is 14.2. The van der Waals surface area contributed by atoms with E-state index in [-0.39, 0.29) is 12.5 Å². The average Bonchev–Trinajstić information content (AvgIpc) is 2.58. The number of rotatable bonds is 9. The van der Waals surface area contributed by atoms with Gasteiger partial charge in [0.15, 0.2) is 0 Å². The van der Waals surface area contributed by atoms with Crippen LogP contribution in [0.25, 0.3) is 0 Å². The molecular weight excluding hydrogens is 342 g/mol. The zero-order chi connectivity index (χ0) is 18.2. The van der Waals surface area contributed by atoms with E-state index in [1.165, 1.54) is 0 Å². The van der Waals surface area contributed by atoms with Gasteiger partial charge in [-0.2, -0.15) is 0 Å². The second-order valence-corrected chi connectivity index (χ2v) is 6.34. The first-order valence-electron chi connectivity index (χ1n) is 8.04. The molecule has 0 radical (unpaired) electrons. The van der Waals surface area contributed by atoms with Crippen molar-refractivity contribution in [2.45, 2.75) is 25.5 Å². The van der Waals surface area contributed by atoms with E-state index in [1.54, 1.807) is 42.5 Å². The fourth-order valence-corrected chi connectivity index (χ4v) is 2.50. The Morgan fingerprint density at radius 1 is 1.24 bits per heavy atom. The molecule has 2 aromatic rings. The molecule has 0 bridgehead atoms. The van der Waals surface area contributed by atoms with Crippen molar-refractivity contribution in [1.82, 2.24) is 5.32 Å². The highest BCUT2D eigenvalue weighted by Crippen LogP contribution is 2.17. The van der Waals surface area contributed by atoms with Crippen LogP contribution in [0.15, 0.2) is 48.5 Å². The monoisotopic (exact) mass is 363 g/mol. The molecule has 2 rings (SSSR count). The van der Waals surface area contributed by atoms with Crippen molar-refractivity contribution >= 4 is 17.6 Å². The summed E-state index contributed by atoms with van der Waals surface area (Å²) in [7, 11) is 0. The second kappa shape index (κ2) is 9.42. The summed E-state index contributed by atoms with van der Waals surface area (Å²) < 4.78 is 5.67. The van der Waals surface area contributed by atoms with Gasteiger partial charge in [0.2, 0.25) is 0 Å². The molecule has 0 amide bonds. The zero-order valence-corrected chi connectivity index (χ0v) is 14.7. The number of carboxylic acid groups (broad SMARTS) is 1. The van der Waals surface area contributed by atoms with E-state index in [4.69, 9.17) is 21.4 Å². The van der Waals surface area contributed by atoms with Crippen LogP contribution in [-0.4, -0.2) is 35.4 Å². The van der Waals surface area contributed by atoms with Crippen LogP contribution in [0.3, 0.4) is 0 Å². The van der Waals surface area contributed by atoms with Crippen molar-refractivity contribution in [3.63, 3.8) is 0 Å². The Balaban J connectivity index is 1.75. The normalized spacial score (nSPS) is 13.2. The molecule has 2 aromatic carbocycles. The van der Waals surface area contributed by atoms with Gasteiger partial charge in [-0.05, 0) is 42.3 Å². The lowest BCUT2D eigenvalue weighted by atomic mass is 10.1. The first-order chi connectivity index (χ1) is 11.9. The number of carbonyl (C=O) groups is 1. The first-order valence-corrected chi connectivity index (χ1v) is 8.42. The minimum Gasteiger partial charge on any atom is -0.492 e. The fourth-order valence-electron chi connectivity index (χ4n) is 2.30. The van der Waals surface area contributed by atoms with Gasteiger partial charge in [-0.15, -0.1) is 0 Å². The van der Waals surface area contributed by atoms with E-state index >= 15 is 0 Å². The summed E-state index contributed by atoms with van der Waals surface area (Å²) in [5, 5.41) is 22.7. The Morgan fingerprint density at radius 3 is 2.60 bits per heavy atom. The van der Waals surface area contributed by atoms with Gasteiger partial charge in [-0.25, -0.2) is 0 Å². The van der Waals surface area contributed by atoms with Gasteiger partial charge in [0.1, 0.15) is 12.4 Å². The van der Waals surface area contributed by atoms with Crippen LogP contribution in [0, 0.1) is 0 Å². The minimum atomic E-state index is -0.857. The highest BCUT2D eigenvalue weighted by molar-refractivity contribution is 6.30. The van der Waals surface area contributed by atoms with Crippen LogP contribution in [0.1, 0.15) is 24.2 Å². The Kier molecular flexibility index (Phi) is 7.25. The van der Waals surface area contributed by atoms with Crippen molar-refractivity contribution in [3.05, 3.63) is 64.7 Å². The van der Waals surface area contributed by atoms with E-state index < -0.39 is 12.1 Å². The third-order valence-electron chi connectivity index (χ3n) is 3.67. The number of aliphatic hydroxyl groups is 1. The Morgan fingerprint density at radius 2 is 1.96 bits per heavy atom. The summed E-state index contributed by atoms with van der Waals surface area (Å²) in [4.78, 5) is 10.6. The van der Waals surface area contributed by atoms with Crippen LogP contribution in [0.5, 0.6) is 5.75 Å². The molecule has 25 heavy (non-hydrogen) atoms. The quantitative estimate of drug-likeness (QED) is 0.638. The minimum absolute atomic E-state index is 0.000368. The number of carboxylic acids is 1. The molecule has 0 heterocycles. The molecule has 2 atom stereocenters. The second-order valence-electron chi connectivity index (χ2n) is 5.91. The van der Waals surface area contributed by atoms with Gasteiger partial charge in [0.25, 0.3) is 0 Å². The van der Waals surface area contributed by atoms with Crippen molar-refractivity contribution in [1.29, 1.82) is 0 Å². The molecule has 5 nitrogen and oxygen atoms in total. The molecule has 6 heteroatoms. The molecular formula is C19H22ClNO4. The average molecular weight is 364 g/mol. The zero-order valence-electron chi connectivity index (χ0n) is 14.0. The van der Waals surface area contributed by atoms with E-state index in [1.807, 2.05) is 13.0 Å². The predicted octanol–water partition coefficient (Wildman–Crippen LogP) is 3.06. The number of aliphatic hydroxyl groups excluding tert-OH is 1. The van der Waals surface area contributed by atoms with Gasteiger partial charge >= 0.3 is 5.97 Å². The first kappa shape index (κ1) is 19.2. The van der Waals surface area contributed by atoms with Crippen molar-refractivity contribution < 1.29 is 19.7 Å². The fraction of sp³-hybridized carbons (Fsp3) is 0.316. The SMILES string of the molecule is CC(COc1ccc(CC(=O)O)cc1)NCC(O)c1cccc(Cl)c1. The van der Waals surface area contributed by atoms with E-state index in [9.17, 15) is 9.90 Å². The van der Waals surface area contributed by atoms with E-state index in [0.717, 1.165) is 11.1 Å². The summed E-state index contributed by atoms with van der Waals surface area (Å²) in [6.45, 7) is 2.78. The third-order valence-corrected chi connectivity index (χ3v) is 3.91. The smallest absolute Gasteiger partial charge is 0.307 e. The Bertz CT molecular complexity index is 690. The van der Waals surface area contributed by atoms with Crippen LogP contribution < -0.4 is 10.1 Å². The van der Waals surface area contributed by atoms with Crippen molar-refractivity contribution in [2.24, 2.45) is 0 Å². The molecule has 0 saturated carbocycles. The maximum Gasteiger partial charge on any atom is 0.307 e. The lowest BCUT2D eigenvalue weighted by Gasteiger charge is -2.18. The van der Waals surface area contributed by atoms with Crippen LogP contribution >= 0.6 is 11.6 Å². The predicted molar refractivity (Wildman–Crippen MR) is 97.2 cm³/mol. The number of ether oxygens (including phenoxy) is 1. The van der Waals surface area contributed by atoms with Crippen LogP contribution in [-0.2, 0) is 11.2 Å². The highest BCUT2D eigenvalue weighted by Gasteiger charge is 2.10. The molecule has 0 fully saturated rings. The lowest BCUT2D eigenvalue weighted by molar-refractivity contribution is -0.136. The summed E-state index contributed by atoms with van der Waals surface area (Å²) in [6.07, 6.45) is -0.643. The highest BCUT2D eigenvalue weighted by atomic mass is 35.5. The number of halogens is 1. The number of benzene rings is 2. The topological polar surface area (TPSA) is 78.8 Å². The molecule has 3 N–H and O–H groups in total. The summed E-state index contributed by atoms with van der Waals surface area (Å²) in [5.74, 6) is -0.178. The van der Waals surface area contributed by atoms with Crippen molar-refractivity contribution in [3.8, 4) is 5.75 Å². The van der Waals surface area contributed by atoms with Crippen molar-refractivity contribution in [2.75, 3.05) is 13.2 Å². The van der Waals surface area contributed by atoms with Gasteiger partial charge in [-0.3, -0.25) is 4.79 Å². The lowest BCUT2D eigenvalue weighted by Crippen LogP contribution is -2.34. The number of hydrogen-bond acceptors (Lipinski definition) is 4. The van der Waals surface area contributed by atoms with Gasteiger partial charge in [0, 0.05) is 17.6 Å². The van der Waals surface area contributed by atoms with E-state index in [2.05, 4.69) is 5.32 Å². The van der Waals surface area contributed by atoms with Gasteiger partial charge in [0.05, 0.1) is 12.5 Å². The largest absolute Gasteiger partial charge is 0.492 e. The van der Waals surface area contributed by atoms with Crippen LogP contribution in [0.4, 0.5) is 0 Å². The Labute approximate surface area is 152 Å². The van der Waals surface area contributed by atoms with E-state index in [0.29, 0.717) is 23.9 Å². The maximum atomic E-state index is 10.6. The third kappa shape index (κ3) is 6.74. The number of nitrogens with one attached hydrogen (secondary N) is 1. The molecule has 0 aliphatic carbocycles. The molecule has 0 aromatic heterocycles. The molecule has 0 saturated heterocycles. The standard InChI is InChI=1S/C19H22ClNO4/c1-13(21-11-18(22)15-3-2-4-16(20)10-15)12-25-17-7-5-14(6-8-17)9-19(23)24/h2-8,10,13,18,21-22H,9,11-12H2,1H3,(H,23,24). The maximum absolute atomic E-state index is 10.6.